The molecule has 0 bridgehead atoms. The van der Waals surface area contributed by atoms with E-state index in [4.69, 9.17) is 17.3 Å². The van der Waals surface area contributed by atoms with Crippen LogP contribution in [0.15, 0.2) is 42.5 Å². The third-order valence-electron chi connectivity index (χ3n) is 2.85. The highest BCUT2D eigenvalue weighted by atomic mass is 35.5. The Labute approximate surface area is 123 Å². The Morgan fingerprint density at radius 1 is 1.20 bits per heavy atom. The number of benzene rings is 2. The highest BCUT2D eigenvalue weighted by Crippen LogP contribution is 2.25. The van der Waals surface area contributed by atoms with Gasteiger partial charge in [0.05, 0.1) is 11.4 Å². The van der Waals surface area contributed by atoms with E-state index in [0.29, 0.717) is 22.0 Å². The molecular formula is C15H16ClN3O. The number of hydrogen-bond donors (Lipinski definition) is 2. The lowest BCUT2D eigenvalue weighted by atomic mass is 10.2. The molecule has 0 unspecified atom stereocenters. The van der Waals surface area contributed by atoms with Crippen molar-refractivity contribution in [2.75, 3.05) is 30.0 Å². The number of anilines is 3. The van der Waals surface area contributed by atoms with Gasteiger partial charge in [-0.05, 0) is 36.4 Å². The molecule has 5 heteroatoms. The van der Waals surface area contributed by atoms with Gasteiger partial charge in [0, 0.05) is 30.4 Å². The lowest BCUT2D eigenvalue weighted by Crippen LogP contribution is -2.14. The highest BCUT2D eigenvalue weighted by Gasteiger charge is 2.08. The third-order valence-corrected chi connectivity index (χ3v) is 3.09. The topological polar surface area (TPSA) is 58.4 Å². The van der Waals surface area contributed by atoms with Gasteiger partial charge in [-0.2, -0.15) is 0 Å². The molecule has 20 heavy (non-hydrogen) atoms. The summed E-state index contributed by atoms with van der Waals surface area (Å²) in [6.45, 7) is 0. The quantitative estimate of drug-likeness (QED) is 0.853. The summed E-state index contributed by atoms with van der Waals surface area (Å²) in [5.41, 5.74) is 8.62. The number of carbonyl (C=O) groups excluding carboxylic acids is 1. The van der Waals surface area contributed by atoms with Crippen molar-refractivity contribution in [1.82, 2.24) is 0 Å². The summed E-state index contributed by atoms with van der Waals surface area (Å²) >= 11 is 5.87. The van der Waals surface area contributed by atoms with Crippen LogP contribution in [-0.4, -0.2) is 20.0 Å². The van der Waals surface area contributed by atoms with Crippen molar-refractivity contribution >= 4 is 34.6 Å². The van der Waals surface area contributed by atoms with Crippen LogP contribution in [0, 0.1) is 0 Å². The van der Waals surface area contributed by atoms with Crippen LogP contribution in [0.1, 0.15) is 10.4 Å². The molecule has 0 aliphatic heterocycles. The van der Waals surface area contributed by atoms with Crippen LogP contribution in [0.5, 0.6) is 0 Å². The van der Waals surface area contributed by atoms with E-state index in [1.807, 2.05) is 31.1 Å². The van der Waals surface area contributed by atoms with E-state index >= 15 is 0 Å². The monoisotopic (exact) mass is 289 g/mol. The molecule has 2 aromatic rings. The third kappa shape index (κ3) is 3.22. The Morgan fingerprint density at radius 2 is 1.95 bits per heavy atom. The average Bonchev–Trinajstić information content (AvgIpc) is 2.38. The zero-order chi connectivity index (χ0) is 14.7. The maximum Gasteiger partial charge on any atom is 0.255 e. The van der Waals surface area contributed by atoms with Crippen LogP contribution >= 0.6 is 11.6 Å². The fraction of sp³-hybridized carbons (Fsp3) is 0.133. The molecule has 3 N–H and O–H groups in total. The fourth-order valence-corrected chi connectivity index (χ4v) is 2.06. The minimum atomic E-state index is -0.218. The summed E-state index contributed by atoms with van der Waals surface area (Å²) < 4.78 is 0. The number of halogens is 1. The number of nitrogens with two attached hydrogens (primary N) is 1. The van der Waals surface area contributed by atoms with Crippen molar-refractivity contribution in [1.29, 1.82) is 0 Å². The minimum Gasteiger partial charge on any atom is -0.397 e. The molecule has 0 heterocycles. The predicted molar refractivity (Wildman–Crippen MR) is 84.6 cm³/mol. The molecule has 0 aliphatic rings. The molecule has 4 nitrogen and oxygen atoms in total. The smallest absolute Gasteiger partial charge is 0.255 e. The standard InChI is InChI=1S/C15H16ClN3O/c1-19(2)14-7-6-12(9-13(14)17)18-15(20)10-4-3-5-11(16)8-10/h3-9H,17H2,1-2H3,(H,18,20). The largest absolute Gasteiger partial charge is 0.397 e. The molecule has 0 radical (unpaired) electrons. The maximum atomic E-state index is 12.1. The number of rotatable bonds is 3. The van der Waals surface area contributed by atoms with Gasteiger partial charge in [-0.25, -0.2) is 0 Å². The Hall–Kier alpha value is -2.20. The molecule has 0 saturated carbocycles. The van der Waals surface area contributed by atoms with Crippen LogP contribution in [0.25, 0.3) is 0 Å². The van der Waals surface area contributed by atoms with Crippen molar-refractivity contribution in [3.63, 3.8) is 0 Å². The van der Waals surface area contributed by atoms with Gasteiger partial charge in [0.25, 0.3) is 5.91 Å². The molecule has 0 aliphatic carbocycles. The van der Waals surface area contributed by atoms with E-state index in [0.717, 1.165) is 5.69 Å². The van der Waals surface area contributed by atoms with Crippen LogP contribution < -0.4 is 16.0 Å². The minimum absolute atomic E-state index is 0.218. The second kappa shape index (κ2) is 5.84. The number of nitrogen functional groups attached to an aromatic ring is 1. The summed E-state index contributed by atoms with van der Waals surface area (Å²) in [7, 11) is 3.83. The second-order valence-electron chi connectivity index (χ2n) is 4.63. The van der Waals surface area contributed by atoms with Crippen molar-refractivity contribution in [3.05, 3.63) is 53.1 Å². The number of nitrogens with zero attached hydrogens (tertiary/aromatic N) is 1. The Bertz CT molecular complexity index is 641. The Kier molecular flexibility index (Phi) is 4.15. The van der Waals surface area contributed by atoms with E-state index in [1.165, 1.54) is 0 Å². The summed E-state index contributed by atoms with van der Waals surface area (Å²) in [4.78, 5) is 14.0. The van der Waals surface area contributed by atoms with Gasteiger partial charge in [0.2, 0.25) is 0 Å². The van der Waals surface area contributed by atoms with E-state index in [9.17, 15) is 4.79 Å². The van der Waals surface area contributed by atoms with Gasteiger partial charge in [0.1, 0.15) is 0 Å². The van der Waals surface area contributed by atoms with Crippen LogP contribution in [0.4, 0.5) is 17.1 Å². The Morgan fingerprint density at radius 3 is 2.55 bits per heavy atom. The van der Waals surface area contributed by atoms with Crippen LogP contribution in [0.2, 0.25) is 5.02 Å². The summed E-state index contributed by atoms with van der Waals surface area (Å²) in [5.74, 6) is -0.218. The van der Waals surface area contributed by atoms with Crippen LogP contribution in [0.3, 0.4) is 0 Å². The Balaban J connectivity index is 2.18. The number of amides is 1. The number of nitrogens with one attached hydrogen (secondary N) is 1. The SMILES string of the molecule is CN(C)c1ccc(NC(=O)c2cccc(Cl)c2)cc1N. The summed E-state index contributed by atoms with van der Waals surface area (Å²) in [6.07, 6.45) is 0. The molecule has 104 valence electrons. The predicted octanol–water partition coefficient (Wildman–Crippen LogP) is 3.24. The lowest BCUT2D eigenvalue weighted by Gasteiger charge is -2.16. The molecule has 2 rings (SSSR count). The van der Waals surface area contributed by atoms with Gasteiger partial charge in [-0.3, -0.25) is 4.79 Å². The number of carbonyl (C=O) groups is 1. The zero-order valence-corrected chi connectivity index (χ0v) is 12.1. The molecule has 0 fully saturated rings. The van der Waals surface area contributed by atoms with E-state index in [2.05, 4.69) is 5.32 Å². The van der Waals surface area contributed by atoms with Crippen molar-refractivity contribution in [2.24, 2.45) is 0 Å². The van der Waals surface area contributed by atoms with Crippen LogP contribution in [-0.2, 0) is 0 Å². The second-order valence-corrected chi connectivity index (χ2v) is 5.07. The molecular weight excluding hydrogens is 274 g/mol. The van der Waals surface area contributed by atoms with Gasteiger partial charge >= 0.3 is 0 Å². The first-order valence-corrected chi connectivity index (χ1v) is 6.49. The first-order chi connectivity index (χ1) is 9.47. The first kappa shape index (κ1) is 14.2. The van der Waals surface area contributed by atoms with Gasteiger partial charge in [0.15, 0.2) is 0 Å². The average molecular weight is 290 g/mol. The van der Waals surface area contributed by atoms with Gasteiger partial charge in [-0.15, -0.1) is 0 Å². The molecule has 0 aromatic heterocycles. The van der Waals surface area contributed by atoms with E-state index < -0.39 is 0 Å². The maximum absolute atomic E-state index is 12.1. The van der Waals surface area contributed by atoms with E-state index in [-0.39, 0.29) is 5.91 Å². The van der Waals surface area contributed by atoms with E-state index in [1.54, 1.807) is 30.3 Å². The first-order valence-electron chi connectivity index (χ1n) is 6.11. The van der Waals surface area contributed by atoms with Gasteiger partial charge in [-0.1, -0.05) is 17.7 Å². The highest BCUT2D eigenvalue weighted by molar-refractivity contribution is 6.31. The number of hydrogen-bond acceptors (Lipinski definition) is 3. The van der Waals surface area contributed by atoms with Crippen molar-refractivity contribution in [3.8, 4) is 0 Å². The molecule has 2 aromatic carbocycles. The van der Waals surface area contributed by atoms with Gasteiger partial charge < -0.3 is 16.0 Å². The normalized spacial score (nSPS) is 10.2. The fourth-order valence-electron chi connectivity index (χ4n) is 1.87. The molecule has 0 spiro atoms. The lowest BCUT2D eigenvalue weighted by molar-refractivity contribution is 0.102. The van der Waals surface area contributed by atoms with Crippen molar-refractivity contribution in [2.45, 2.75) is 0 Å². The van der Waals surface area contributed by atoms with Crippen molar-refractivity contribution < 1.29 is 4.79 Å². The summed E-state index contributed by atoms with van der Waals surface area (Å²) in [6, 6.07) is 12.2. The molecule has 1 amide bonds. The molecule has 0 atom stereocenters. The zero-order valence-electron chi connectivity index (χ0n) is 11.4. The molecule has 0 saturated heterocycles. The summed E-state index contributed by atoms with van der Waals surface area (Å²) in [5, 5.41) is 3.32.